The van der Waals surface area contributed by atoms with E-state index in [1.54, 1.807) is 6.08 Å². The summed E-state index contributed by atoms with van der Waals surface area (Å²) in [5, 5.41) is 13.9. The van der Waals surface area contributed by atoms with Crippen LogP contribution in [0.1, 0.15) is 59.7 Å². The molecule has 0 amide bonds. The van der Waals surface area contributed by atoms with Gasteiger partial charge in [0.25, 0.3) is 0 Å². The van der Waals surface area contributed by atoms with Gasteiger partial charge < -0.3 is 5.11 Å². The van der Waals surface area contributed by atoms with Gasteiger partial charge in [-0.15, -0.1) is 0 Å². The van der Waals surface area contributed by atoms with E-state index < -0.39 is 5.97 Å². The summed E-state index contributed by atoms with van der Waals surface area (Å²) in [6.45, 7) is 3.98. The van der Waals surface area contributed by atoms with Crippen LogP contribution in [0, 0.1) is 5.92 Å². The maximum absolute atomic E-state index is 11.3. The molecule has 160 valence electrons. The van der Waals surface area contributed by atoms with Crippen LogP contribution < -0.4 is 0 Å². The van der Waals surface area contributed by atoms with E-state index in [1.165, 1.54) is 5.56 Å². The molecule has 1 N–H and O–H groups in total. The maximum Gasteiger partial charge on any atom is 0.306 e. The zero-order valence-electron chi connectivity index (χ0n) is 17.8. The minimum Gasteiger partial charge on any atom is -0.481 e. The Morgan fingerprint density at radius 2 is 1.84 bits per heavy atom. The molecule has 0 unspecified atom stereocenters. The fourth-order valence-electron chi connectivity index (χ4n) is 4.70. The summed E-state index contributed by atoms with van der Waals surface area (Å²) < 4.78 is 1.84. The Hall–Kier alpha value is -3.73. The van der Waals surface area contributed by atoms with Crippen molar-refractivity contribution in [1.82, 2.24) is 14.6 Å². The van der Waals surface area contributed by atoms with Gasteiger partial charge in [-0.2, -0.15) is 5.10 Å². The standard InChI is InChI=1S/C27H25N3O2/c1-2-23-16-25(19-11-13-20(14-12-19)27(31)32)29-26-24(17-28-30(23)26)22-10-6-4-8-18-7-3-5-9-21(18)15-22/h2-10,15-17,19-20H,1,11-14H2,(H,31,32). The second-order valence-corrected chi connectivity index (χ2v) is 8.44. The van der Waals surface area contributed by atoms with Crippen molar-refractivity contribution < 1.29 is 9.90 Å². The van der Waals surface area contributed by atoms with E-state index in [0.29, 0.717) is 12.8 Å². The number of hydrogen-bond acceptors (Lipinski definition) is 3. The normalized spacial score (nSPS) is 20.3. The van der Waals surface area contributed by atoms with Crippen LogP contribution in [-0.2, 0) is 4.79 Å². The highest BCUT2D eigenvalue weighted by atomic mass is 16.4. The lowest BCUT2D eigenvalue weighted by Gasteiger charge is -2.26. The predicted molar refractivity (Wildman–Crippen MR) is 128 cm³/mol. The average Bonchev–Trinajstić information content (AvgIpc) is 3.23. The first-order chi connectivity index (χ1) is 15.6. The maximum atomic E-state index is 11.3. The van der Waals surface area contributed by atoms with E-state index in [9.17, 15) is 9.90 Å². The molecule has 2 aliphatic rings. The van der Waals surface area contributed by atoms with Gasteiger partial charge in [-0.25, -0.2) is 9.50 Å². The molecule has 5 heteroatoms. The van der Waals surface area contributed by atoms with Gasteiger partial charge in [0.1, 0.15) is 0 Å². The van der Waals surface area contributed by atoms with Crippen LogP contribution in [0.15, 0.2) is 61.3 Å². The zero-order chi connectivity index (χ0) is 22.1. The molecule has 0 radical (unpaired) electrons. The van der Waals surface area contributed by atoms with Gasteiger partial charge in [0.05, 0.1) is 17.8 Å². The van der Waals surface area contributed by atoms with E-state index >= 15 is 0 Å². The van der Waals surface area contributed by atoms with Gasteiger partial charge in [-0.05, 0) is 60.6 Å². The molecule has 5 nitrogen and oxygen atoms in total. The second kappa shape index (κ2) is 8.42. The molecule has 0 aliphatic heterocycles. The monoisotopic (exact) mass is 423 g/mol. The lowest BCUT2D eigenvalue weighted by atomic mass is 9.80. The third kappa shape index (κ3) is 3.71. The molecule has 0 saturated heterocycles. The summed E-state index contributed by atoms with van der Waals surface area (Å²) >= 11 is 0. The molecule has 3 aromatic rings. The molecule has 2 heterocycles. The van der Waals surface area contributed by atoms with Crippen LogP contribution in [0.5, 0.6) is 0 Å². The second-order valence-electron chi connectivity index (χ2n) is 8.44. The van der Waals surface area contributed by atoms with E-state index in [-0.39, 0.29) is 11.8 Å². The molecule has 2 aliphatic carbocycles. The molecule has 1 aromatic carbocycles. The number of fused-ring (bicyclic) bond motifs is 2. The first kappa shape index (κ1) is 20.2. The van der Waals surface area contributed by atoms with Gasteiger partial charge >= 0.3 is 5.97 Å². The third-order valence-electron chi connectivity index (χ3n) is 6.50. The average molecular weight is 424 g/mol. The topological polar surface area (TPSA) is 67.5 Å². The Morgan fingerprint density at radius 1 is 1.09 bits per heavy atom. The summed E-state index contributed by atoms with van der Waals surface area (Å²) in [6, 6.07) is 10.3. The Balaban J connectivity index is 1.58. The van der Waals surface area contributed by atoms with Crippen molar-refractivity contribution in [2.75, 3.05) is 0 Å². The fourth-order valence-corrected chi connectivity index (χ4v) is 4.70. The Labute approximate surface area is 187 Å². The molecule has 5 rings (SSSR count). The summed E-state index contributed by atoms with van der Waals surface area (Å²) in [5.74, 6) is -0.672. The van der Waals surface area contributed by atoms with E-state index in [0.717, 1.165) is 46.6 Å². The van der Waals surface area contributed by atoms with Gasteiger partial charge in [0.15, 0.2) is 5.65 Å². The molecule has 1 saturated carbocycles. The van der Waals surface area contributed by atoms with Gasteiger partial charge in [-0.3, -0.25) is 4.79 Å². The summed E-state index contributed by atoms with van der Waals surface area (Å²) in [6.07, 6.45) is 17.2. The highest BCUT2D eigenvalue weighted by Crippen LogP contribution is 2.36. The van der Waals surface area contributed by atoms with Crippen LogP contribution in [0.25, 0.3) is 29.4 Å². The first-order valence-electron chi connectivity index (χ1n) is 11.0. The molecule has 2 aromatic heterocycles. The van der Waals surface area contributed by atoms with Crippen LogP contribution in [-0.4, -0.2) is 25.7 Å². The zero-order valence-corrected chi connectivity index (χ0v) is 17.8. The Bertz CT molecular complexity index is 1290. The number of aromatic nitrogens is 3. The van der Waals surface area contributed by atoms with Crippen molar-refractivity contribution in [2.24, 2.45) is 5.92 Å². The van der Waals surface area contributed by atoms with Crippen LogP contribution >= 0.6 is 0 Å². The van der Waals surface area contributed by atoms with E-state index in [4.69, 9.17) is 4.98 Å². The molecule has 1 fully saturated rings. The van der Waals surface area contributed by atoms with Crippen molar-refractivity contribution in [3.8, 4) is 0 Å². The van der Waals surface area contributed by atoms with E-state index in [1.807, 2.05) is 41.1 Å². The molecule has 0 bridgehead atoms. The minimum atomic E-state index is -0.686. The first-order valence-corrected chi connectivity index (χ1v) is 11.0. The van der Waals surface area contributed by atoms with Crippen LogP contribution in [0.2, 0.25) is 0 Å². The largest absolute Gasteiger partial charge is 0.481 e. The number of rotatable bonds is 4. The Kier molecular flexibility index (Phi) is 5.31. The molecule has 0 spiro atoms. The van der Waals surface area contributed by atoms with Crippen LogP contribution in [0.4, 0.5) is 0 Å². The van der Waals surface area contributed by atoms with Gasteiger partial charge in [-0.1, -0.05) is 55.1 Å². The molecular weight excluding hydrogens is 398 g/mol. The number of aliphatic carboxylic acids is 1. The lowest BCUT2D eigenvalue weighted by Crippen LogP contribution is -2.21. The SMILES string of the molecule is C=Cc1cc(C2CCC(C(=O)O)CC2)nc2c(C3=Cc4ccccc4C=CC=C3)cnn12. The van der Waals surface area contributed by atoms with Crippen LogP contribution in [0.3, 0.4) is 0 Å². The highest BCUT2D eigenvalue weighted by Gasteiger charge is 2.28. The van der Waals surface area contributed by atoms with E-state index in [2.05, 4.69) is 42.0 Å². The van der Waals surface area contributed by atoms with Crippen molar-refractivity contribution in [1.29, 1.82) is 0 Å². The number of carbonyl (C=O) groups is 1. The lowest BCUT2D eigenvalue weighted by molar-refractivity contribution is -0.142. The van der Waals surface area contributed by atoms with Crippen molar-refractivity contribution in [3.05, 3.63) is 89.4 Å². The third-order valence-corrected chi connectivity index (χ3v) is 6.50. The molecular formula is C27H25N3O2. The number of benzene rings is 1. The fraction of sp³-hybridized carbons (Fsp3) is 0.222. The number of allylic oxidation sites excluding steroid dienone is 4. The predicted octanol–water partition coefficient (Wildman–Crippen LogP) is 5.85. The van der Waals surface area contributed by atoms with Crippen molar-refractivity contribution in [2.45, 2.75) is 31.6 Å². The molecule has 32 heavy (non-hydrogen) atoms. The number of hydrogen-bond donors (Lipinski definition) is 1. The van der Waals surface area contributed by atoms with Gasteiger partial charge in [0.2, 0.25) is 0 Å². The highest BCUT2D eigenvalue weighted by molar-refractivity contribution is 5.94. The molecule has 0 atom stereocenters. The smallest absolute Gasteiger partial charge is 0.306 e. The minimum absolute atomic E-state index is 0.238. The quantitative estimate of drug-likeness (QED) is 0.571. The number of carboxylic acid groups (broad SMARTS) is 1. The summed E-state index contributed by atoms with van der Waals surface area (Å²) in [4.78, 5) is 16.4. The Morgan fingerprint density at radius 3 is 2.59 bits per heavy atom. The van der Waals surface area contributed by atoms with Crippen molar-refractivity contribution >= 4 is 35.4 Å². The number of nitrogens with zero attached hydrogens (tertiary/aromatic N) is 3. The summed E-state index contributed by atoms with van der Waals surface area (Å²) in [5.41, 5.74) is 7.02. The number of carboxylic acids is 1. The summed E-state index contributed by atoms with van der Waals surface area (Å²) in [7, 11) is 0. The van der Waals surface area contributed by atoms with Gasteiger partial charge in [0, 0.05) is 17.2 Å². The van der Waals surface area contributed by atoms with Crippen molar-refractivity contribution in [3.63, 3.8) is 0 Å².